The molecule has 0 radical (unpaired) electrons. The van der Waals surface area contributed by atoms with Gasteiger partial charge >= 0.3 is 24.3 Å². The third-order valence-corrected chi connectivity index (χ3v) is 5.88. The van der Waals surface area contributed by atoms with Crippen LogP contribution in [0, 0.1) is 11.8 Å². The Morgan fingerprint density at radius 1 is 1.05 bits per heavy atom. The number of amides is 1. The summed E-state index contributed by atoms with van der Waals surface area (Å²) in [7, 11) is 0. The third-order valence-electron chi connectivity index (χ3n) is 5.88. The van der Waals surface area contributed by atoms with E-state index in [1.807, 2.05) is 10.9 Å². The van der Waals surface area contributed by atoms with Crippen LogP contribution in [0.1, 0.15) is 22.8 Å². The average molecular weight is 583 g/mol. The van der Waals surface area contributed by atoms with E-state index in [1.54, 1.807) is 24.5 Å². The van der Waals surface area contributed by atoms with Crippen LogP contribution < -0.4 is 5.32 Å². The molecule has 2 saturated heterocycles. The Hall–Kier alpha value is -3.73. The number of pyridine rings is 1. The van der Waals surface area contributed by atoms with E-state index >= 15 is 0 Å². The standard InChI is InChI=1S/C19H25N5O2.2C2HF3O2/c1-2-24-10-14(7-22-24)9-23-11-17-16(13-26-18(17)12-23)8-21-19(25)15-3-5-20-6-4-15;2*3-2(4,5)1(6)7/h3-7,10,16-18H,2,8-9,11-13H2,1H3,(H,21,25);2*(H,6,7)/t16-,17-,18-;;/m1../s1. The molecule has 4 heterocycles. The van der Waals surface area contributed by atoms with Crippen LogP contribution in [0.4, 0.5) is 26.3 Å². The Kier molecular flexibility index (Phi) is 11.4. The molecule has 11 nitrogen and oxygen atoms in total. The molecule has 3 N–H and O–H groups in total. The summed E-state index contributed by atoms with van der Waals surface area (Å²) in [6.45, 7) is 7.25. The van der Waals surface area contributed by atoms with E-state index in [0.717, 1.165) is 32.8 Å². The highest BCUT2D eigenvalue weighted by Crippen LogP contribution is 2.34. The molecular weight excluding hydrogens is 556 g/mol. The molecule has 40 heavy (non-hydrogen) atoms. The second kappa shape index (κ2) is 14.1. The van der Waals surface area contributed by atoms with Crippen LogP contribution in [-0.4, -0.2) is 92.4 Å². The summed E-state index contributed by atoms with van der Waals surface area (Å²) in [5, 5.41) is 21.6. The van der Waals surface area contributed by atoms with Gasteiger partial charge in [0.15, 0.2) is 0 Å². The molecule has 0 unspecified atom stereocenters. The highest BCUT2D eigenvalue weighted by atomic mass is 19.4. The van der Waals surface area contributed by atoms with Crippen molar-refractivity contribution in [2.24, 2.45) is 11.8 Å². The summed E-state index contributed by atoms with van der Waals surface area (Å²) >= 11 is 0. The number of alkyl halides is 6. The first-order valence-corrected chi connectivity index (χ1v) is 11.8. The van der Waals surface area contributed by atoms with Crippen LogP contribution in [0.2, 0.25) is 0 Å². The number of halogens is 6. The number of nitrogens with zero attached hydrogens (tertiary/aromatic N) is 4. The van der Waals surface area contributed by atoms with Crippen molar-refractivity contribution in [3.05, 3.63) is 48.0 Å². The fourth-order valence-corrected chi connectivity index (χ4v) is 3.97. The van der Waals surface area contributed by atoms with Crippen molar-refractivity contribution < 1.29 is 55.7 Å². The lowest BCUT2D eigenvalue weighted by molar-refractivity contribution is -0.193. The van der Waals surface area contributed by atoms with Crippen LogP contribution in [0.15, 0.2) is 36.9 Å². The predicted molar refractivity (Wildman–Crippen MR) is 124 cm³/mol. The number of carboxylic acids is 2. The molecule has 4 rings (SSSR count). The van der Waals surface area contributed by atoms with Crippen LogP contribution in [0.3, 0.4) is 0 Å². The number of carbonyl (C=O) groups excluding carboxylic acids is 1. The minimum atomic E-state index is -5.08. The molecule has 0 bridgehead atoms. The van der Waals surface area contributed by atoms with Gasteiger partial charge in [0.05, 0.1) is 18.9 Å². The Labute approximate surface area is 223 Å². The fraction of sp³-hybridized carbons (Fsp3) is 0.522. The van der Waals surface area contributed by atoms with Crippen LogP contribution in [0.5, 0.6) is 0 Å². The second-order valence-electron chi connectivity index (χ2n) is 8.75. The first kappa shape index (κ1) is 32.5. The minimum Gasteiger partial charge on any atom is -0.475 e. The monoisotopic (exact) mass is 583 g/mol. The highest BCUT2D eigenvalue weighted by molar-refractivity contribution is 5.93. The van der Waals surface area contributed by atoms with Crippen molar-refractivity contribution in [1.29, 1.82) is 0 Å². The van der Waals surface area contributed by atoms with E-state index in [0.29, 0.717) is 23.9 Å². The lowest BCUT2D eigenvalue weighted by Gasteiger charge is -2.19. The Bertz CT molecular complexity index is 1100. The first-order chi connectivity index (χ1) is 18.6. The van der Waals surface area contributed by atoms with Gasteiger partial charge in [0.25, 0.3) is 5.91 Å². The molecular formula is C23H27F6N5O6. The van der Waals surface area contributed by atoms with E-state index in [2.05, 4.69) is 33.4 Å². The number of hydrogen-bond acceptors (Lipinski definition) is 7. The van der Waals surface area contributed by atoms with Crippen molar-refractivity contribution in [3.8, 4) is 0 Å². The lowest BCUT2D eigenvalue weighted by atomic mass is 9.93. The number of hydrogen-bond donors (Lipinski definition) is 3. The van der Waals surface area contributed by atoms with Gasteiger partial charge in [-0.1, -0.05) is 0 Å². The largest absolute Gasteiger partial charge is 0.490 e. The zero-order valence-electron chi connectivity index (χ0n) is 21.0. The number of rotatable bonds is 6. The topological polar surface area (TPSA) is 147 Å². The van der Waals surface area contributed by atoms with E-state index in [1.165, 1.54) is 5.56 Å². The first-order valence-electron chi connectivity index (χ1n) is 11.8. The predicted octanol–water partition coefficient (Wildman–Crippen LogP) is 2.44. The Morgan fingerprint density at radius 2 is 1.62 bits per heavy atom. The van der Waals surface area contributed by atoms with E-state index < -0.39 is 24.3 Å². The lowest BCUT2D eigenvalue weighted by Crippen LogP contribution is -2.34. The van der Waals surface area contributed by atoms with Gasteiger partial charge in [0, 0.05) is 74.3 Å². The maximum Gasteiger partial charge on any atom is 0.490 e. The van der Waals surface area contributed by atoms with Gasteiger partial charge in [-0.3, -0.25) is 19.4 Å². The molecule has 0 aliphatic carbocycles. The number of aromatic nitrogens is 3. The normalized spacial score (nSPS) is 20.4. The smallest absolute Gasteiger partial charge is 0.475 e. The second-order valence-corrected chi connectivity index (χ2v) is 8.75. The maximum atomic E-state index is 12.2. The summed E-state index contributed by atoms with van der Waals surface area (Å²) in [4.78, 5) is 36.4. The van der Waals surface area contributed by atoms with E-state index in [9.17, 15) is 31.1 Å². The SMILES string of the molecule is CCn1cc(CN2C[C@@H]3[C@H](CNC(=O)c4ccncc4)CO[C@@H]3C2)cn1.O=C(O)C(F)(F)F.O=C(O)C(F)(F)F. The molecule has 3 atom stereocenters. The Balaban J connectivity index is 0.000000333. The maximum absolute atomic E-state index is 12.2. The average Bonchev–Trinajstić information content (AvgIpc) is 3.59. The van der Waals surface area contributed by atoms with Gasteiger partial charge in [0.2, 0.25) is 0 Å². The molecule has 17 heteroatoms. The minimum absolute atomic E-state index is 0.0438. The van der Waals surface area contributed by atoms with Gasteiger partial charge in [-0.25, -0.2) is 9.59 Å². The molecule has 2 aromatic heterocycles. The molecule has 2 aromatic rings. The summed E-state index contributed by atoms with van der Waals surface area (Å²) in [6, 6.07) is 3.47. The van der Waals surface area contributed by atoms with Gasteiger partial charge in [-0.15, -0.1) is 0 Å². The quantitative estimate of drug-likeness (QED) is 0.437. The number of fused-ring (bicyclic) bond motifs is 1. The number of likely N-dealkylation sites (tertiary alicyclic amines) is 1. The fourth-order valence-electron chi connectivity index (χ4n) is 3.97. The van der Waals surface area contributed by atoms with Crippen molar-refractivity contribution in [2.75, 3.05) is 26.2 Å². The Morgan fingerprint density at radius 3 is 2.12 bits per heavy atom. The number of aryl methyl sites for hydroxylation is 1. The van der Waals surface area contributed by atoms with Gasteiger partial charge in [-0.05, 0) is 19.1 Å². The van der Waals surface area contributed by atoms with E-state index in [4.69, 9.17) is 24.5 Å². The summed E-state index contributed by atoms with van der Waals surface area (Å²) < 4.78 is 71.4. The highest BCUT2D eigenvalue weighted by Gasteiger charge is 2.43. The summed E-state index contributed by atoms with van der Waals surface area (Å²) in [5.41, 5.74) is 1.89. The zero-order valence-corrected chi connectivity index (χ0v) is 21.0. The molecule has 0 aromatic carbocycles. The van der Waals surface area contributed by atoms with Crippen molar-refractivity contribution in [3.63, 3.8) is 0 Å². The van der Waals surface area contributed by atoms with Gasteiger partial charge < -0.3 is 20.3 Å². The molecule has 1 amide bonds. The van der Waals surface area contributed by atoms with E-state index in [-0.39, 0.29) is 12.0 Å². The van der Waals surface area contributed by atoms with Crippen molar-refractivity contribution in [1.82, 2.24) is 25.0 Å². The number of carboxylic acid groups (broad SMARTS) is 2. The molecule has 2 fully saturated rings. The molecule has 0 spiro atoms. The molecule has 0 saturated carbocycles. The summed E-state index contributed by atoms with van der Waals surface area (Å²) in [5.74, 6) is -4.71. The number of ether oxygens (including phenoxy) is 1. The molecule has 2 aliphatic heterocycles. The van der Waals surface area contributed by atoms with Crippen molar-refractivity contribution in [2.45, 2.75) is 38.5 Å². The number of aliphatic carboxylic acids is 2. The van der Waals surface area contributed by atoms with Crippen LogP contribution in [0.25, 0.3) is 0 Å². The zero-order chi connectivity index (χ0) is 30.1. The van der Waals surface area contributed by atoms with Crippen molar-refractivity contribution >= 4 is 17.8 Å². The van der Waals surface area contributed by atoms with Gasteiger partial charge in [-0.2, -0.15) is 31.4 Å². The number of carbonyl (C=O) groups is 3. The van der Waals surface area contributed by atoms with Crippen LogP contribution in [-0.2, 0) is 27.4 Å². The van der Waals surface area contributed by atoms with Crippen LogP contribution >= 0.6 is 0 Å². The third kappa shape index (κ3) is 10.1. The molecule has 2 aliphatic rings. The van der Waals surface area contributed by atoms with Gasteiger partial charge in [0.1, 0.15) is 0 Å². The summed E-state index contributed by atoms with van der Waals surface area (Å²) in [6.07, 6.45) is -2.55. The molecule has 222 valence electrons. The number of nitrogens with one attached hydrogen (secondary N) is 1.